The van der Waals surface area contributed by atoms with Gasteiger partial charge in [-0.05, 0) is 95.1 Å². The second-order valence-electron chi connectivity index (χ2n) is 10.2. The topological polar surface area (TPSA) is 76.7 Å². The van der Waals surface area contributed by atoms with Crippen molar-refractivity contribution in [3.05, 3.63) is 107 Å². The maximum absolute atomic E-state index is 13.0. The number of para-hydroxylation sites is 1. The van der Waals surface area contributed by atoms with E-state index in [9.17, 15) is 9.59 Å². The van der Waals surface area contributed by atoms with E-state index in [1.807, 2.05) is 113 Å². The smallest absolute Gasteiger partial charge is 0.265 e. The van der Waals surface area contributed by atoms with Crippen molar-refractivity contribution in [3.63, 3.8) is 0 Å². The van der Waals surface area contributed by atoms with Gasteiger partial charge in [-0.3, -0.25) is 9.59 Å². The van der Waals surface area contributed by atoms with Gasteiger partial charge in [-0.15, -0.1) is 0 Å². The van der Waals surface area contributed by atoms with Crippen LogP contribution in [0.15, 0.2) is 94.7 Å². The van der Waals surface area contributed by atoms with E-state index < -0.39 is 12.2 Å². The SMILES string of the molecule is Cc1ccc(OC(C)C(=O)Nc2cccc(SSc3ccccc3NC(=O)C(C)Oc3ccc(C)cc3C)c2)c(C)c1. The van der Waals surface area contributed by atoms with Crippen LogP contribution in [0.1, 0.15) is 36.1 Å². The summed E-state index contributed by atoms with van der Waals surface area (Å²) in [4.78, 5) is 27.7. The second kappa shape index (κ2) is 14.3. The van der Waals surface area contributed by atoms with Crippen molar-refractivity contribution >= 4 is 44.8 Å². The molecule has 4 rings (SSSR count). The number of hydrogen-bond acceptors (Lipinski definition) is 6. The van der Waals surface area contributed by atoms with Gasteiger partial charge in [-0.2, -0.15) is 0 Å². The first kappa shape index (κ1) is 31.1. The Bertz CT molecular complexity index is 1570. The molecule has 4 aromatic rings. The molecule has 2 unspecified atom stereocenters. The molecule has 6 nitrogen and oxygen atoms in total. The lowest BCUT2D eigenvalue weighted by Crippen LogP contribution is -2.30. The van der Waals surface area contributed by atoms with Gasteiger partial charge in [0.05, 0.1) is 5.69 Å². The summed E-state index contributed by atoms with van der Waals surface area (Å²) >= 11 is 0. The van der Waals surface area contributed by atoms with E-state index >= 15 is 0 Å². The standard InChI is InChI=1S/C34H36N2O4S2/c1-21-14-16-30(23(3)18-21)39-25(5)33(37)35-27-10-9-11-28(20-27)41-42-32-13-8-7-12-29(32)36-34(38)26(6)40-31-17-15-22(2)19-24(31)4/h7-20,25-26H,1-6H3,(H,35,37)(H,36,38). The van der Waals surface area contributed by atoms with Crippen molar-refractivity contribution in [2.24, 2.45) is 0 Å². The molecule has 0 aromatic heterocycles. The van der Waals surface area contributed by atoms with Gasteiger partial charge in [0.2, 0.25) is 0 Å². The highest BCUT2D eigenvalue weighted by atomic mass is 33.1. The Hall–Kier alpha value is -3.88. The van der Waals surface area contributed by atoms with E-state index in [2.05, 4.69) is 10.6 Å². The van der Waals surface area contributed by atoms with Gasteiger partial charge >= 0.3 is 0 Å². The highest BCUT2D eigenvalue weighted by Gasteiger charge is 2.18. The van der Waals surface area contributed by atoms with Crippen molar-refractivity contribution in [3.8, 4) is 11.5 Å². The van der Waals surface area contributed by atoms with Gasteiger partial charge in [-0.25, -0.2) is 0 Å². The summed E-state index contributed by atoms with van der Waals surface area (Å²) in [6.07, 6.45) is -1.33. The molecular formula is C34H36N2O4S2. The average Bonchev–Trinajstić information content (AvgIpc) is 2.95. The van der Waals surface area contributed by atoms with Crippen LogP contribution in [-0.4, -0.2) is 24.0 Å². The Morgan fingerprint density at radius 1 is 0.643 bits per heavy atom. The Kier molecular flexibility index (Phi) is 10.6. The van der Waals surface area contributed by atoms with E-state index in [1.54, 1.807) is 13.8 Å². The summed E-state index contributed by atoms with van der Waals surface area (Å²) < 4.78 is 11.9. The van der Waals surface area contributed by atoms with Crippen molar-refractivity contribution in [1.82, 2.24) is 0 Å². The van der Waals surface area contributed by atoms with E-state index in [1.165, 1.54) is 21.6 Å². The molecule has 0 bridgehead atoms. The fourth-order valence-electron chi connectivity index (χ4n) is 4.19. The lowest BCUT2D eigenvalue weighted by atomic mass is 10.1. The molecule has 2 amide bonds. The zero-order chi connectivity index (χ0) is 30.2. The average molecular weight is 601 g/mol. The second-order valence-corrected chi connectivity index (χ2v) is 12.5. The van der Waals surface area contributed by atoms with Crippen LogP contribution in [0.4, 0.5) is 11.4 Å². The van der Waals surface area contributed by atoms with Crippen LogP contribution in [0.5, 0.6) is 11.5 Å². The molecule has 0 aliphatic carbocycles. The zero-order valence-corrected chi connectivity index (χ0v) is 26.3. The molecule has 0 saturated heterocycles. The molecule has 0 fully saturated rings. The number of nitrogens with one attached hydrogen (secondary N) is 2. The van der Waals surface area contributed by atoms with Crippen LogP contribution in [0.2, 0.25) is 0 Å². The molecule has 0 aliphatic heterocycles. The maximum Gasteiger partial charge on any atom is 0.265 e. The number of ether oxygens (including phenoxy) is 2. The van der Waals surface area contributed by atoms with Gasteiger partial charge in [0.25, 0.3) is 11.8 Å². The molecule has 42 heavy (non-hydrogen) atoms. The first-order valence-electron chi connectivity index (χ1n) is 13.7. The first-order chi connectivity index (χ1) is 20.1. The minimum absolute atomic E-state index is 0.227. The van der Waals surface area contributed by atoms with E-state index in [0.29, 0.717) is 22.9 Å². The molecular weight excluding hydrogens is 565 g/mol. The molecule has 218 valence electrons. The monoisotopic (exact) mass is 600 g/mol. The third-order valence-corrected chi connectivity index (χ3v) is 8.91. The summed E-state index contributed by atoms with van der Waals surface area (Å²) in [6.45, 7) is 11.5. The molecule has 0 aliphatic rings. The Labute approximate surface area is 256 Å². The maximum atomic E-state index is 13.0. The molecule has 0 heterocycles. The summed E-state index contributed by atoms with van der Waals surface area (Å²) in [5.74, 6) is 0.936. The molecule has 8 heteroatoms. The van der Waals surface area contributed by atoms with Crippen molar-refractivity contribution in [2.45, 2.75) is 63.5 Å². The molecule has 0 spiro atoms. The highest BCUT2D eigenvalue weighted by molar-refractivity contribution is 8.76. The van der Waals surface area contributed by atoms with Crippen LogP contribution in [0.3, 0.4) is 0 Å². The van der Waals surface area contributed by atoms with Gasteiger partial charge in [0.1, 0.15) is 11.5 Å². The number of carbonyl (C=O) groups excluding carboxylic acids is 2. The summed E-state index contributed by atoms with van der Waals surface area (Å²) in [5.41, 5.74) is 5.66. The normalized spacial score (nSPS) is 12.2. The van der Waals surface area contributed by atoms with Crippen LogP contribution < -0.4 is 20.1 Å². The Morgan fingerprint density at radius 3 is 1.81 bits per heavy atom. The van der Waals surface area contributed by atoms with Crippen molar-refractivity contribution in [1.29, 1.82) is 0 Å². The Balaban J connectivity index is 1.34. The minimum Gasteiger partial charge on any atom is -0.481 e. The third-order valence-electron chi connectivity index (χ3n) is 6.48. The number of carbonyl (C=O) groups is 2. The van der Waals surface area contributed by atoms with Gasteiger partial charge in [0.15, 0.2) is 12.2 Å². The predicted octanol–water partition coefficient (Wildman–Crippen LogP) is 8.53. The van der Waals surface area contributed by atoms with E-state index in [-0.39, 0.29) is 11.8 Å². The number of amides is 2. The molecule has 4 aromatic carbocycles. The summed E-state index contributed by atoms with van der Waals surface area (Å²) in [7, 11) is 3.06. The summed E-state index contributed by atoms with van der Waals surface area (Å²) in [5, 5.41) is 5.96. The third kappa shape index (κ3) is 8.57. The number of benzene rings is 4. The molecule has 2 N–H and O–H groups in total. The van der Waals surface area contributed by atoms with Crippen molar-refractivity contribution in [2.75, 3.05) is 10.6 Å². The van der Waals surface area contributed by atoms with Crippen LogP contribution in [0, 0.1) is 27.7 Å². The number of hydrogen-bond donors (Lipinski definition) is 2. The lowest BCUT2D eigenvalue weighted by Gasteiger charge is -2.18. The van der Waals surface area contributed by atoms with E-state index in [4.69, 9.17) is 9.47 Å². The lowest BCUT2D eigenvalue weighted by molar-refractivity contribution is -0.122. The fraction of sp³-hybridized carbons (Fsp3) is 0.235. The number of rotatable bonds is 11. The largest absolute Gasteiger partial charge is 0.481 e. The summed E-state index contributed by atoms with van der Waals surface area (Å²) in [6, 6.07) is 27.1. The molecule has 0 saturated carbocycles. The quantitative estimate of drug-likeness (QED) is 0.168. The number of anilines is 2. The van der Waals surface area contributed by atoms with Crippen LogP contribution >= 0.6 is 21.6 Å². The minimum atomic E-state index is -0.668. The van der Waals surface area contributed by atoms with Crippen LogP contribution in [-0.2, 0) is 9.59 Å². The highest BCUT2D eigenvalue weighted by Crippen LogP contribution is 2.41. The fourth-order valence-corrected chi connectivity index (χ4v) is 6.33. The number of aryl methyl sites for hydroxylation is 4. The molecule has 0 radical (unpaired) electrons. The van der Waals surface area contributed by atoms with E-state index in [0.717, 1.165) is 32.0 Å². The zero-order valence-electron chi connectivity index (χ0n) is 24.7. The Morgan fingerprint density at radius 2 is 1.21 bits per heavy atom. The van der Waals surface area contributed by atoms with Gasteiger partial charge in [-0.1, -0.05) is 75.2 Å². The molecule has 2 atom stereocenters. The van der Waals surface area contributed by atoms with Gasteiger partial charge < -0.3 is 20.1 Å². The van der Waals surface area contributed by atoms with Crippen LogP contribution in [0.25, 0.3) is 0 Å². The van der Waals surface area contributed by atoms with Gasteiger partial charge in [0, 0.05) is 15.5 Å². The predicted molar refractivity (Wildman–Crippen MR) is 174 cm³/mol. The first-order valence-corrected chi connectivity index (χ1v) is 15.9. The van der Waals surface area contributed by atoms with Crippen molar-refractivity contribution < 1.29 is 19.1 Å².